The average molecular weight is 506 g/mol. The van der Waals surface area contributed by atoms with Crippen molar-refractivity contribution in [1.29, 1.82) is 0 Å². The van der Waals surface area contributed by atoms with E-state index in [2.05, 4.69) is 52.8 Å². The summed E-state index contributed by atoms with van der Waals surface area (Å²) >= 11 is 0. The summed E-state index contributed by atoms with van der Waals surface area (Å²) in [5, 5.41) is 0. The molecule has 0 bridgehead atoms. The molecule has 0 fully saturated rings. The van der Waals surface area contributed by atoms with E-state index in [0.29, 0.717) is 12.1 Å². The molecule has 7 heteroatoms. The molecule has 0 spiro atoms. The largest absolute Gasteiger partial charge is 0.454 e. The molecule has 0 saturated carbocycles. The maximum atomic E-state index is 14.4. The molecule has 37 heavy (non-hydrogen) atoms. The minimum Gasteiger partial charge on any atom is -0.454 e. The predicted molar refractivity (Wildman–Crippen MR) is 142 cm³/mol. The third kappa shape index (κ3) is 6.00. The number of aromatic nitrogens is 2. The van der Waals surface area contributed by atoms with E-state index in [0.717, 1.165) is 66.6 Å². The summed E-state index contributed by atoms with van der Waals surface area (Å²) in [6.45, 7) is 7.39. The molecule has 1 aliphatic heterocycles. The SMILES string of the molecule is CCCCn1c(CN(Cc2ccccc2)Cc2ccc3c(c2)OCO3)cnc1-c1cccc(F)c1C.F. The molecule has 0 aliphatic carbocycles. The van der Waals surface area contributed by atoms with Crippen LogP contribution in [0.5, 0.6) is 11.5 Å². The number of ether oxygens (including phenoxy) is 2. The number of fused-ring (bicyclic) bond motifs is 1. The third-order valence-corrected chi connectivity index (χ3v) is 6.66. The summed E-state index contributed by atoms with van der Waals surface area (Å²) in [4.78, 5) is 7.20. The highest BCUT2D eigenvalue weighted by Crippen LogP contribution is 2.33. The number of nitrogens with zero attached hydrogens (tertiary/aromatic N) is 3. The van der Waals surface area contributed by atoms with Crippen LogP contribution in [-0.2, 0) is 26.2 Å². The van der Waals surface area contributed by atoms with E-state index in [4.69, 9.17) is 14.5 Å². The van der Waals surface area contributed by atoms with Crippen molar-refractivity contribution in [2.24, 2.45) is 0 Å². The van der Waals surface area contributed by atoms with Crippen LogP contribution in [0.25, 0.3) is 11.4 Å². The fraction of sp³-hybridized carbons (Fsp3) is 0.300. The van der Waals surface area contributed by atoms with E-state index in [1.165, 1.54) is 11.6 Å². The van der Waals surface area contributed by atoms with Crippen LogP contribution < -0.4 is 9.47 Å². The number of rotatable bonds is 10. The summed E-state index contributed by atoms with van der Waals surface area (Å²) in [5.41, 5.74) is 5.02. The van der Waals surface area contributed by atoms with Gasteiger partial charge in [-0.15, -0.1) is 0 Å². The highest BCUT2D eigenvalue weighted by atomic mass is 19.1. The van der Waals surface area contributed by atoms with Crippen molar-refractivity contribution in [3.05, 3.63) is 101 Å². The van der Waals surface area contributed by atoms with Gasteiger partial charge < -0.3 is 14.0 Å². The number of hydrogen-bond acceptors (Lipinski definition) is 4. The van der Waals surface area contributed by atoms with E-state index in [9.17, 15) is 4.39 Å². The first-order valence-electron chi connectivity index (χ1n) is 12.6. The Hall–Kier alpha value is -3.71. The lowest BCUT2D eigenvalue weighted by atomic mass is 10.1. The predicted octanol–water partition coefficient (Wildman–Crippen LogP) is 6.88. The van der Waals surface area contributed by atoms with E-state index in [1.54, 1.807) is 6.07 Å². The summed E-state index contributed by atoms with van der Waals surface area (Å²) in [6.07, 6.45) is 4.06. The van der Waals surface area contributed by atoms with Gasteiger partial charge in [-0.2, -0.15) is 0 Å². The zero-order chi connectivity index (χ0) is 24.9. The smallest absolute Gasteiger partial charge is 0.231 e. The summed E-state index contributed by atoms with van der Waals surface area (Å²) in [6, 6.07) is 21.9. The molecular weight excluding hydrogens is 472 g/mol. The van der Waals surface area contributed by atoms with Gasteiger partial charge in [0.1, 0.15) is 11.6 Å². The zero-order valence-corrected chi connectivity index (χ0v) is 21.3. The number of imidazole rings is 1. The van der Waals surface area contributed by atoms with E-state index in [-0.39, 0.29) is 17.3 Å². The molecule has 4 aromatic rings. The highest BCUT2D eigenvalue weighted by molar-refractivity contribution is 5.61. The standard InChI is InChI=1S/C30H32FN3O2.FH/c1-3-4-15-34-25(17-32-30(34)26-11-8-12-27(31)22(26)2)20-33(18-23-9-6-5-7-10-23)19-24-13-14-28-29(16-24)36-21-35-28;/h5-14,16-17H,3-4,15,18-21H2,1-2H3;1H. The Morgan fingerprint density at radius 1 is 0.919 bits per heavy atom. The van der Waals surface area contributed by atoms with Crippen molar-refractivity contribution in [1.82, 2.24) is 14.5 Å². The molecule has 0 saturated heterocycles. The number of halogens is 2. The first kappa shape index (κ1) is 26.4. The molecule has 194 valence electrons. The normalized spacial score (nSPS) is 12.1. The molecule has 0 unspecified atom stereocenters. The second-order valence-corrected chi connectivity index (χ2v) is 9.31. The quantitative estimate of drug-likeness (QED) is 0.236. The fourth-order valence-corrected chi connectivity index (χ4v) is 4.70. The Morgan fingerprint density at radius 2 is 1.70 bits per heavy atom. The molecule has 2 heterocycles. The van der Waals surface area contributed by atoms with Gasteiger partial charge in [-0.1, -0.05) is 61.9 Å². The minimum absolute atomic E-state index is 0. The van der Waals surface area contributed by atoms with E-state index < -0.39 is 0 Å². The molecule has 5 nitrogen and oxygen atoms in total. The molecule has 0 atom stereocenters. The van der Waals surface area contributed by atoms with Crippen LogP contribution in [0.4, 0.5) is 9.09 Å². The van der Waals surface area contributed by atoms with Gasteiger partial charge in [-0.05, 0) is 48.2 Å². The van der Waals surface area contributed by atoms with Gasteiger partial charge in [0.2, 0.25) is 6.79 Å². The van der Waals surface area contributed by atoms with Gasteiger partial charge in [0.25, 0.3) is 0 Å². The van der Waals surface area contributed by atoms with Crippen LogP contribution in [0, 0.1) is 12.7 Å². The Morgan fingerprint density at radius 3 is 2.51 bits per heavy atom. The fourth-order valence-electron chi connectivity index (χ4n) is 4.70. The monoisotopic (exact) mass is 505 g/mol. The van der Waals surface area contributed by atoms with Crippen molar-refractivity contribution in [3.8, 4) is 22.9 Å². The van der Waals surface area contributed by atoms with Crippen molar-refractivity contribution in [3.63, 3.8) is 0 Å². The van der Waals surface area contributed by atoms with E-state index in [1.807, 2.05) is 31.3 Å². The molecular formula is C30H33F2N3O2. The summed E-state index contributed by atoms with van der Waals surface area (Å²) < 4.78 is 27.7. The van der Waals surface area contributed by atoms with Crippen molar-refractivity contribution >= 4 is 0 Å². The van der Waals surface area contributed by atoms with Crippen LogP contribution in [0.1, 0.15) is 42.1 Å². The van der Waals surface area contributed by atoms with Crippen molar-refractivity contribution in [2.45, 2.75) is 52.9 Å². The molecule has 5 rings (SSSR count). The molecule has 0 amide bonds. The molecule has 0 N–H and O–H groups in total. The lowest BCUT2D eigenvalue weighted by molar-refractivity contribution is 0.174. The van der Waals surface area contributed by atoms with Crippen molar-refractivity contribution < 1.29 is 18.6 Å². The van der Waals surface area contributed by atoms with Crippen LogP contribution in [0.15, 0.2) is 72.9 Å². The maximum absolute atomic E-state index is 14.4. The lowest BCUT2D eigenvalue weighted by Crippen LogP contribution is -2.24. The topological polar surface area (TPSA) is 39.5 Å². The molecule has 1 aromatic heterocycles. The maximum Gasteiger partial charge on any atom is 0.231 e. The Bertz CT molecular complexity index is 1320. The van der Waals surface area contributed by atoms with Gasteiger partial charge in [0.15, 0.2) is 11.5 Å². The van der Waals surface area contributed by atoms with Gasteiger partial charge >= 0.3 is 0 Å². The Kier molecular flexibility index (Phi) is 8.56. The average Bonchev–Trinajstić information content (AvgIpc) is 3.51. The first-order valence-corrected chi connectivity index (χ1v) is 12.6. The summed E-state index contributed by atoms with van der Waals surface area (Å²) in [5.74, 6) is 2.22. The zero-order valence-electron chi connectivity index (χ0n) is 21.3. The summed E-state index contributed by atoms with van der Waals surface area (Å²) in [7, 11) is 0. The highest BCUT2D eigenvalue weighted by Gasteiger charge is 2.19. The van der Waals surface area contributed by atoms with Crippen LogP contribution in [0.3, 0.4) is 0 Å². The molecule has 0 radical (unpaired) electrons. The van der Waals surface area contributed by atoms with Gasteiger partial charge in [0.05, 0.1) is 11.9 Å². The lowest BCUT2D eigenvalue weighted by Gasteiger charge is -2.24. The second kappa shape index (κ2) is 12.0. The van der Waals surface area contributed by atoms with Crippen LogP contribution in [0.2, 0.25) is 0 Å². The van der Waals surface area contributed by atoms with Gasteiger partial charge in [-0.3, -0.25) is 9.60 Å². The Labute approximate surface area is 216 Å². The van der Waals surface area contributed by atoms with Gasteiger partial charge in [0, 0.05) is 31.7 Å². The number of unbranched alkanes of at least 4 members (excludes halogenated alkanes) is 1. The Balaban J connectivity index is 0.00000320. The van der Waals surface area contributed by atoms with Crippen molar-refractivity contribution in [2.75, 3.05) is 6.79 Å². The van der Waals surface area contributed by atoms with Gasteiger partial charge in [-0.25, -0.2) is 9.37 Å². The number of benzene rings is 3. The molecule has 3 aromatic carbocycles. The van der Waals surface area contributed by atoms with E-state index >= 15 is 0 Å². The van der Waals surface area contributed by atoms with Crippen LogP contribution >= 0.6 is 0 Å². The minimum atomic E-state index is -0.201. The number of hydrogen-bond donors (Lipinski definition) is 0. The molecule has 1 aliphatic rings. The second-order valence-electron chi connectivity index (χ2n) is 9.31. The van der Waals surface area contributed by atoms with Crippen LogP contribution in [-0.4, -0.2) is 21.2 Å². The third-order valence-electron chi connectivity index (χ3n) is 6.66. The first-order chi connectivity index (χ1) is 17.6.